The van der Waals surface area contributed by atoms with Crippen LogP contribution >= 0.6 is 9.24 Å². The van der Waals surface area contributed by atoms with E-state index in [2.05, 4.69) is 26.1 Å². The number of nitrogens with zero attached hydrogens (tertiary/aromatic N) is 1. The van der Waals surface area contributed by atoms with Crippen LogP contribution in [-0.4, -0.2) is 16.1 Å². The Morgan fingerprint density at radius 2 is 2.40 bits per heavy atom. The van der Waals surface area contributed by atoms with Gasteiger partial charge < -0.3 is 4.98 Å². The zero-order chi connectivity index (χ0) is 7.66. The second-order valence-electron chi connectivity index (χ2n) is 1.90. The third-order valence-electron chi connectivity index (χ3n) is 0.964. The summed E-state index contributed by atoms with van der Waals surface area (Å²) < 4.78 is 0. The lowest BCUT2D eigenvalue weighted by molar-refractivity contribution is 0.897. The lowest BCUT2D eigenvalue weighted by atomic mass is 10.4. The first kappa shape index (κ1) is 9.64. The van der Waals surface area contributed by atoms with Crippen LogP contribution in [0.4, 0.5) is 0 Å². The van der Waals surface area contributed by atoms with Crippen molar-refractivity contribution in [3.63, 3.8) is 0 Å². The topological polar surface area (TPSA) is 28.7 Å². The van der Waals surface area contributed by atoms with E-state index in [4.69, 9.17) is 0 Å². The van der Waals surface area contributed by atoms with E-state index < -0.39 is 0 Å². The van der Waals surface area contributed by atoms with Gasteiger partial charge in [-0.3, -0.25) is 0 Å². The summed E-state index contributed by atoms with van der Waals surface area (Å²) in [5, 5.41) is 0. The van der Waals surface area contributed by atoms with Crippen LogP contribution in [0, 0.1) is 0 Å². The lowest BCUT2D eigenvalue weighted by Crippen LogP contribution is -1.64. The molecule has 0 saturated heterocycles. The van der Waals surface area contributed by atoms with Crippen molar-refractivity contribution in [3.05, 3.63) is 18.7 Å². The van der Waals surface area contributed by atoms with Gasteiger partial charge in [-0.2, -0.15) is 0 Å². The Balaban J connectivity index is 0.000000162. The Morgan fingerprint density at radius 3 is 2.50 bits per heavy atom. The molecule has 0 fully saturated rings. The van der Waals surface area contributed by atoms with E-state index in [1.807, 2.05) is 0 Å². The molecule has 0 aliphatic heterocycles. The zero-order valence-corrected chi connectivity index (χ0v) is 7.53. The normalized spacial score (nSPS) is 8.20. The molecule has 58 valence electrons. The van der Waals surface area contributed by atoms with E-state index in [1.165, 1.54) is 19.0 Å². The highest BCUT2D eigenvalue weighted by molar-refractivity contribution is 7.16. The average molecular weight is 158 g/mol. The fraction of sp³-hybridized carbons (Fsp3) is 0.571. The Kier molecular flexibility index (Phi) is 8.33. The van der Waals surface area contributed by atoms with Crippen molar-refractivity contribution >= 4 is 9.24 Å². The number of hydrogen-bond acceptors (Lipinski definition) is 1. The Morgan fingerprint density at radius 1 is 1.60 bits per heavy atom. The number of aromatic nitrogens is 2. The van der Waals surface area contributed by atoms with Crippen LogP contribution < -0.4 is 0 Å². The number of imidazole rings is 1. The van der Waals surface area contributed by atoms with Gasteiger partial charge in [-0.25, -0.2) is 4.98 Å². The molecule has 0 aromatic carbocycles. The van der Waals surface area contributed by atoms with Gasteiger partial charge >= 0.3 is 0 Å². The maximum Gasteiger partial charge on any atom is 0.0919 e. The molecule has 2 nitrogen and oxygen atoms in total. The second-order valence-corrected chi connectivity index (χ2v) is 2.48. The molecule has 0 aliphatic carbocycles. The van der Waals surface area contributed by atoms with Gasteiger partial charge in [0.1, 0.15) is 0 Å². The van der Waals surface area contributed by atoms with Crippen LogP contribution in [0.25, 0.3) is 0 Å². The number of nitrogens with one attached hydrogen (secondary N) is 1. The predicted octanol–water partition coefficient (Wildman–Crippen LogP) is 2.07. The van der Waals surface area contributed by atoms with E-state index in [0.29, 0.717) is 0 Å². The van der Waals surface area contributed by atoms with Gasteiger partial charge in [0.05, 0.1) is 6.33 Å². The molecule has 1 aromatic heterocycles. The van der Waals surface area contributed by atoms with Crippen molar-refractivity contribution in [1.82, 2.24) is 9.97 Å². The van der Waals surface area contributed by atoms with Gasteiger partial charge in [0, 0.05) is 12.4 Å². The summed E-state index contributed by atoms with van der Waals surface area (Å²) in [5.41, 5.74) is 0. The molecule has 1 atom stereocenters. The van der Waals surface area contributed by atoms with E-state index in [-0.39, 0.29) is 0 Å². The van der Waals surface area contributed by atoms with Gasteiger partial charge in [-0.15, -0.1) is 9.24 Å². The van der Waals surface area contributed by atoms with Gasteiger partial charge in [-0.05, 0) is 6.16 Å². The molecule has 0 radical (unpaired) electrons. The van der Waals surface area contributed by atoms with Crippen molar-refractivity contribution in [2.45, 2.75) is 19.8 Å². The molecule has 1 N–H and O–H groups in total. The minimum absolute atomic E-state index is 1.26. The van der Waals surface area contributed by atoms with Crippen molar-refractivity contribution in [3.8, 4) is 0 Å². The third kappa shape index (κ3) is 7.64. The highest BCUT2D eigenvalue weighted by Gasteiger charge is 1.68. The van der Waals surface area contributed by atoms with Gasteiger partial charge in [0.15, 0.2) is 0 Å². The van der Waals surface area contributed by atoms with Gasteiger partial charge in [0.2, 0.25) is 0 Å². The maximum atomic E-state index is 3.67. The molecule has 0 bridgehead atoms. The molecule has 1 aromatic rings. The maximum absolute atomic E-state index is 3.67. The summed E-state index contributed by atoms with van der Waals surface area (Å²) in [4.78, 5) is 6.42. The fourth-order valence-corrected chi connectivity index (χ4v) is 0.828. The average Bonchev–Trinajstić information content (AvgIpc) is 2.44. The van der Waals surface area contributed by atoms with Crippen LogP contribution in [0.3, 0.4) is 0 Å². The number of hydrogen-bond donors (Lipinski definition) is 1. The fourth-order valence-electron chi connectivity index (χ4n) is 0.419. The molecule has 0 aliphatic rings. The van der Waals surface area contributed by atoms with E-state index in [0.717, 1.165) is 0 Å². The van der Waals surface area contributed by atoms with Crippen LogP contribution in [0.1, 0.15) is 19.8 Å². The van der Waals surface area contributed by atoms with E-state index in [9.17, 15) is 0 Å². The van der Waals surface area contributed by atoms with Crippen LogP contribution in [-0.2, 0) is 0 Å². The molecule has 0 saturated carbocycles. The number of rotatable bonds is 2. The van der Waals surface area contributed by atoms with Gasteiger partial charge in [-0.1, -0.05) is 19.8 Å². The molecule has 10 heavy (non-hydrogen) atoms. The molecule has 1 unspecified atom stereocenters. The number of H-pyrrole nitrogens is 1. The first-order chi connectivity index (χ1) is 4.91. The SMILES string of the molecule is CCCCP.c1c[nH]cn1. The smallest absolute Gasteiger partial charge is 0.0919 e. The Labute approximate surface area is 64.7 Å². The zero-order valence-electron chi connectivity index (χ0n) is 6.38. The minimum Gasteiger partial charge on any atom is -0.351 e. The first-order valence-electron chi connectivity index (χ1n) is 3.54. The summed E-state index contributed by atoms with van der Waals surface area (Å²) in [6.45, 7) is 2.20. The summed E-state index contributed by atoms with van der Waals surface area (Å²) in [7, 11) is 2.70. The monoisotopic (exact) mass is 158 g/mol. The molecule has 0 amide bonds. The van der Waals surface area contributed by atoms with E-state index in [1.54, 1.807) is 18.7 Å². The molecular formula is C7H15N2P. The van der Waals surface area contributed by atoms with Crippen molar-refractivity contribution in [1.29, 1.82) is 0 Å². The summed E-state index contributed by atoms with van der Waals surface area (Å²) in [5.74, 6) is 0. The lowest BCUT2D eigenvalue weighted by Gasteiger charge is -1.79. The molecular weight excluding hydrogens is 143 g/mol. The summed E-state index contributed by atoms with van der Waals surface area (Å²) in [6, 6.07) is 0. The molecule has 0 spiro atoms. The Hall–Kier alpha value is -0.360. The van der Waals surface area contributed by atoms with E-state index >= 15 is 0 Å². The molecule has 3 heteroatoms. The highest BCUT2D eigenvalue weighted by atomic mass is 31.0. The summed E-state index contributed by atoms with van der Waals surface area (Å²) >= 11 is 0. The Bertz CT molecular complexity index is 97.9. The minimum atomic E-state index is 1.26. The third-order valence-corrected chi connectivity index (χ3v) is 1.37. The van der Waals surface area contributed by atoms with Crippen LogP contribution in [0.5, 0.6) is 0 Å². The van der Waals surface area contributed by atoms with Crippen molar-refractivity contribution in [2.24, 2.45) is 0 Å². The van der Waals surface area contributed by atoms with Crippen molar-refractivity contribution in [2.75, 3.05) is 6.16 Å². The van der Waals surface area contributed by atoms with Crippen molar-refractivity contribution < 1.29 is 0 Å². The molecule has 1 heterocycles. The second kappa shape index (κ2) is 8.64. The first-order valence-corrected chi connectivity index (χ1v) is 4.36. The van der Waals surface area contributed by atoms with Crippen LogP contribution in [0.15, 0.2) is 18.7 Å². The largest absolute Gasteiger partial charge is 0.351 e. The molecule has 1 rings (SSSR count). The quantitative estimate of drug-likeness (QED) is 0.656. The van der Waals surface area contributed by atoms with Crippen LogP contribution in [0.2, 0.25) is 0 Å². The summed E-state index contributed by atoms with van der Waals surface area (Å²) in [6.07, 6.45) is 9.02. The highest BCUT2D eigenvalue weighted by Crippen LogP contribution is 1.89. The predicted molar refractivity (Wildman–Crippen MR) is 48.1 cm³/mol. The number of unbranched alkanes of at least 4 members (excludes halogenated alkanes) is 1. The number of aromatic amines is 1. The van der Waals surface area contributed by atoms with Gasteiger partial charge in [0.25, 0.3) is 0 Å². The standard InChI is InChI=1S/C4H11P.C3H4N2/c1-2-3-4-5;1-2-5-3-4-1/h2-5H2,1H3;1-3H,(H,4,5).